The highest BCUT2D eigenvalue weighted by Crippen LogP contribution is 2.24. The number of hydrogen-bond acceptors (Lipinski definition) is 4. The minimum atomic E-state index is -0.0637. The zero-order chi connectivity index (χ0) is 14.0. The maximum Gasteiger partial charge on any atom is 0.257 e. The molecule has 0 radical (unpaired) electrons. The number of carbonyl (C=O) groups is 1. The molecule has 0 aliphatic carbocycles. The number of amides is 1. The number of carbonyl (C=O) groups excluding carboxylic acids is 1. The molecule has 1 aliphatic rings. The Hall–Kier alpha value is -1.75. The fraction of sp³-hybridized carbons (Fsp3) is 0.500. The van der Waals surface area contributed by atoms with Crippen molar-refractivity contribution in [3.8, 4) is 5.75 Å². The Bertz CT molecular complexity index is 466. The molecule has 104 valence electrons. The normalized spacial score (nSPS) is 23.2. The topological polar surface area (TPSA) is 64.8 Å². The molecule has 2 rings (SSSR count). The van der Waals surface area contributed by atoms with Crippen molar-refractivity contribution in [3.05, 3.63) is 23.8 Å². The second-order valence-electron chi connectivity index (χ2n) is 4.93. The van der Waals surface area contributed by atoms with Crippen LogP contribution in [0.1, 0.15) is 24.2 Å². The molecule has 0 aromatic heterocycles. The molecule has 5 nitrogen and oxygen atoms in total. The molecular weight excluding hydrogens is 244 g/mol. The summed E-state index contributed by atoms with van der Waals surface area (Å²) in [7, 11) is 1.55. The molecule has 1 heterocycles. The number of ether oxygens (including phenoxy) is 2. The number of nitrogens with two attached hydrogens (primary N) is 1. The fourth-order valence-electron chi connectivity index (χ4n) is 2.41. The largest absolute Gasteiger partial charge is 0.496 e. The summed E-state index contributed by atoms with van der Waals surface area (Å²) in [5.41, 5.74) is 6.81. The van der Waals surface area contributed by atoms with Gasteiger partial charge in [0.25, 0.3) is 5.91 Å². The first-order valence-electron chi connectivity index (χ1n) is 6.39. The Labute approximate surface area is 113 Å². The highest BCUT2D eigenvalue weighted by molar-refractivity contribution is 5.98. The zero-order valence-corrected chi connectivity index (χ0v) is 11.6. The van der Waals surface area contributed by atoms with Gasteiger partial charge < -0.3 is 20.1 Å². The highest BCUT2D eigenvalue weighted by atomic mass is 16.5. The van der Waals surface area contributed by atoms with Gasteiger partial charge in [-0.25, -0.2) is 0 Å². The van der Waals surface area contributed by atoms with Crippen LogP contribution < -0.4 is 10.5 Å². The lowest BCUT2D eigenvalue weighted by Gasteiger charge is -2.35. The van der Waals surface area contributed by atoms with Gasteiger partial charge in [0.15, 0.2) is 0 Å². The number of nitrogens with zero attached hydrogens (tertiary/aromatic N) is 1. The predicted molar refractivity (Wildman–Crippen MR) is 73.3 cm³/mol. The lowest BCUT2D eigenvalue weighted by Crippen LogP contribution is -2.48. The third-order valence-corrected chi connectivity index (χ3v) is 3.16. The molecule has 5 heteroatoms. The second kappa shape index (κ2) is 5.48. The number of hydrogen-bond donors (Lipinski definition) is 1. The second-order valence-corrected chi connectivity index (χ2v) is 4.93. The minimum Gasteiger partial charge on any atom is -0.496 e. The van der Waals surface area contributed by atoms with Gasteiger partial charge in [-0.1, -0.05) is 0 Å². The van der Waals surface area contributed by atoms with Gasteiger partial charge in [0.2, 0.25) is 0 Å². The monoisotopic (exact) mass is 264 g/mol. The van der Waals surface area contributed by atoms with E-state index in [2.05, 4.69) is 0 Å². The van der Waals surface area contributed by atoms with E-state index in [0.29, 0.717) is 30.1 Å². The van der Waals surface area contributed by atoms with Gasteiger partial charge in [-0.05, 0) is 32.0 Å². The molecule has 1 saturated heterocycles. The van der Waals surface area contributed by atoms with Crippen molar-refractivity contribution in [2.75, 3.05) is 25.9 Å². The van der Waals surface area contributed by atoms with Crippen molar-refractivity contribution in [3.63, 3.8) is 0 Å². The lowest BCUT2D eigenvalue weighted by molar-refractivity contribution is -0.0586. The summed E-state index contributed by atoms with van der Waals surface area (Å²) in [6.45, 7) is 5.10. The van der Waals surface area contributed by atoms with E-state index in [1.165, 1.54) is 0 Å². The van der Waals surface area contributed by atoms with Gasteiger partial charge in [0.1, 0.15) is 5.75 Å². The van der Waals surface area contributed by atoms with E-state index in [0.717, 1.165) is 0 Å². The number of nitrogen functional groups attached to an aromatic ring is 1. The van der Waals surface area contributed by atoms with Gasteiger partial charge in [-0.15, -0.1) is 0 Å². The lowest BCUT2D eigenvalue weighted by atomic mass is 10.1. The number of methoxy groups -OCH3 is 1. The average molecular weight is 264 g/mol. The first-order valence-corrected chi connectivity index (χ1v) is 6.39. The van der Waals surface area contributed by atoms with Crippen LogP contribution in [-0.4, -0.2) is 43.2 Å². The Morgan fingerprint density at radius 2 is 2.00 bits per heavy atom. The van der Waals surface area contributed by atoms with Crippen LogP contribution in [-0.2, 0) is 4.74 Å². The van der Waals surface area contributed by atoms with Crippen molar-refractivity contribution in [2.24, 2.45) is 0 Å². The van der Waals surface area contributed by atoms with Crippen molar-refractivity contribution >= 4 is 11.6 Å². The summed E-state index contributed by atoms with van der Waals surface area (Å²) in [5.74, 6) is 0.483. The zero-order valence-electron chi connectivity index (χ0n) is 11.6. The summed E-state index contributed by atoms with van der Waals surface area (Å²) in [4.78, 5) is 14.3. The van der Waals surface area contributed by atoms with Gasteiger partial charge in [0.05, 0.1) is 24.9 Å². The minimum absolute atomic E-state index is 0.0414. The predicted octanol–water partition coefficient (Wildman–Crippen LogP) is 1.53. The number of rotatable bonds is 2. The van der Waals surface area contributed by atoms with E-state index in [1.54, 1.807) is 30.2 Å². The molecule has 1 aromatic carbocycles. The number of benzene rings is 1. The third-order valence-electron chi connectivity index (χ3n) is 3.16. The van der Waals surface area contributed by atoms with Crippen molar-refractivity contribution < 1.29 is 14.3 Å². The smallest absolute Gasteiger partial charge is 0.257 e. The van der Waals surface area contributed by atoms with Gasteiger partial charge >= 0.3 is 0 Å². The van der Waals surface area contributed by atoms with Crippen LogP contribution in [0.3, 0.4) is 0 Å². The van der Waals surface area contributed by atoms with Crippen LogP contribution in [0.2, 0.25) is 0 Å². The standard InChI is InChI=1S/C14H20N2O3/c1-9-7-16(8-10(2)19-9)14(17)12-6-11(15)4-5-13(12)18-3/h4-6,9-10H,7-8,15H2,1-3H3/t9-,10-/m1/s1. The first-order chi connectivity index (χ1) is 9.01. The van der Waals surface area contributed by atoms with Gasteiger partial charge in [-0.3, -0.25) is 4.79 Å². The molecule has 19 heavy (non-hydrogen) atoms. The van der Waals surface area contributed by atoms with E-state index >= 15 is 0 Å². The van der Waals surface area contributed by atoms with Crippen LogP contribution in [0.25, 0.3) is 0 Å². The van der Waals surface area contributed by atoms with Crippen LogP contribution in [0.15, 0.2) is 18.2 Å². The van der Waals surface area contributed by atoms with Crippen LogP contribution in [0.4, 0.5) is 5.69 Å². The molecule has 0 saturated carbocycles. The summed E-state index contributed by atoms with van der Waals surface area (Å²) in [6, 6.07) is 5.10. The Morgan fingerprint density at radius 1 is 1.37 bits per heavy atom. The van der Waals surface area contributed by atoms with Crippen molar-refractivity contribution in [1.29, 1.82) is 0 Å². The van der Waals surface area contributed by atoms with E-state index in [-0.39, 0.29) is 18.1 Å². The van der Waals surface area contributed by atoms with E-state index in [1.807, 2.05) is 13.8 Å². The molecule has 0 unspecified atom stereocenters. The average Bonchev–Trinajstić information content (AvgIpc) is 2.36. The third kappa shape index (κ3) is 2.98. The molecule has 2 N–H and O–H groups in total. The maximum atomic E-state index is 12.6. The summed E-state index contributed by atoms with van der Waals surface area (Å²) < 4.78 is 10.9. The summed E-state index contributed by atoms with van der Waals surface area (Å²) in [5, 5.41) is 0. The molecule has 0 bridgehead atoms. The number of anilines is 1. The molecule has 1 aliphatic heterocycles. The molecule has 2 atom stereocenters. The van der Waals surface area contributed by atoms with Crippen molar-refractivity contribution in [1.82, 2.24) is 4.90 Å². The summed E-state index contributed by atoms with van der Waals surface area (Å²) in [6.07, 6.45) is 0.0829. The summed E-state index contributed by atoms with van der Waals surface area (Å²) >= 11 is 0. The maximum absolute atomic E-state index is 12.6. The van der Waals surface area contributed by atoms with Crippen molar-refractivity contribution in [2.45, 2.75) is 26.1 Å². The number of morpholine rings is 1. The Balaban J connectivity index is 2.26. The molecule has 0 spiro atoms. The highest BCUT2D eigenvalue weighted by Gasteiger charge is 2.28. The van der Waals surface area contributed by atoms with E-state index in [9.17, 15) is 4.79 Å². The Morgan fingerprint density at radius 3 is 2.58 bits per heavy atom. The molecule has 1 aromatic rings. The molecule has 1 amide bonds. The SMILES string of the molecule is COc1ccc(N)cc1C(=O)N1C[C@@H](C)O[C@H](C)C1. The Kier molecular flexibility index (Phi) is 3.95. The fourth-order valence-corrected chi connectivity index (χ4v) is 2.41. The quantitative estimate of drug-likeness (QED) is 0.823. The molecular formula is C14H20N2O3. The van der Waals surface area contributed by atoms with Gasteiger partial charge in [0, 0.05) is 18.8 Å². The van der Waals surface area contributed by atoms with E-state index in [4.69, 9.17) is 15.2 Å². The first kappa shape index (κ1) is 13.7. The van der Waals surface area contributed by atoms with Crippen LogP contribution >= 0.6 is 0 Å². The molecule has 1 fully saturated rings. The van der Waals surface area contributed by atoms with Gasteiger partial charge in [-0.2, -0.15) is 0 Å². The van der Waals surface area contributed by atoms with Crippen LogP contribution in [0.5, 0.6) is 5.75 Å². The van der Waals surface area contributed by atoms with E-state index < -0.39 is 0 Å². The van der Waals surface area contributed by atoms with Crippen LogP contribution in [0, 0.1) is 0 Å².